The zero-order chi connectivity index (χ0) is 23.3. The van der Waals surface area contributed by atoms with E-state index in [1.54, 1.807) is 0 Å². The Hall–Kier alpha value is -1.10. The Balaban J connectivity index is 1.50. The molecule has 4 aliphatic rings. The molecule has 4 rings (SSSR count). The van der Waals surface area contributed by atoms with E-state index in [1.807, 2.05) is 0 Å². The first-order valence-corrected chi connectivity index (χ1v) is 13.0. The summed E-state index contributed by atoms with van der Waals surface area (Å²) in [5.74, 6) is 2.92. The summed E-state index contributed by atoms with van der Waals surface area (Å²) >= 11 is 0. The van der Waals surface area contributed by atoms with Gasteiger partial charge in [-0.25, -0.2) is 0 Å². The van der Waals surface area contributed by atoms with Crippen molar-refractivity contribution in [3.05, 3.63) is 0 Å². The van der Waals surface area contributed by atoms with Crippen LogP contribution in [0.25, 0.3) is 0 Å². The summed E-state index contributed by atoms with van der Waals surface area (Å²) in [5.41, 5.74) is 0.309. The zero-order valence-corrected chi connectivity index (χ0v) is 20.8. The maximum absolute atomic E-state index is 11.7. The van der Waals surface area contributed by atoms with E-state index < -0.39 is 0 Å². The van der Waals surface area contributed by atoms with Crippen LogP contribution in [-0.2, 0) is 19.1 Å². The van der Waals surface area contributed by atoms with Crippen LogP contribution in [0.4, 0.5) is 0 Å². The first-order valence-electron chi connectivity index (χ1n) is 13.0. The summed E-state index contributed by atoms with van der Waals surface area (Å²) in [6.07, 6.45) is 9.86. The van der Waals surface area contributed by atoms with E-state index in [4.69, 9.17) is 9.47 Å². The first kappa shape index (κ1) is 24.0. The van der Waals surface area contributed by atoms with E-state index >= 15 is 0 Å². The topological polar surface area (TPSA) is 72.8 Å². The molecule has 10 atom stereocenters. The summed E-state index contributed by atoms with van der Waals surface area (Å²) in [4.78, 5) is 23.2. The molecule has 5 nitrogen and oxygen atoms in total. The number of fused-ring (bicyclic) bond motifs is 5. The molecule has 0 aromatic heterocycles. The molecule has 4 fully saturated rings. The molecule has 0 unspecified atom stereocenters. The molecular weight excluding hydrogens is 404 g/mol. The predicted molar refractivity (Wildman–Crippen MR) is 123 cm³/mol. The average molecular weight is 449 g/mol. The highest BCUT2D eigenvalue weighted by Crippen LogP contribution is 2.68. The Kier molecular flexibility index (Phi) is 6.70. The Labute approximate surface area is 194 Å². The van der Waals surface area contributed by atoms with Gasteiger partial charge in [-0.1, -0.05) is 20.8 Å². The molecule has 32 heavy (non-hydrogen) atoms. The highest BCUT2D eigenvalue weighted by Gasteiger charge is 2.63. The number of aliphatic hydroxyl groups is 1. The van der Waals surface area contributed by atoms with Gasteiger partial charge in [0.1, 0.15) is 6.10 Å². The van der Waals surface area contributed by atoms with Crippen molar-refractivity contribution in [1.29, 1.82) is 0 Å². The fourth-order valence-electron chi connectivity index (χ4n) is 9.31. The summed E-state index contributed by atoms with van der Waals surface area (Å²) in [7, 11) is 1.47. The van der Waals surface area contributed by atoms with Gasteiger partial charge in [-0.3, -0.25) is 9.59 Å². The zero-order valence-electron chi connectivity index (χ0n) is 20.8. The molecule has 0 aromatic carbocycles. The van der Waals surface area contributed by atoms with Crippen LogP contribution in [0, 0.1) is 46.3 Å². The fraction of sp³-hybridized carbons (Fsp3) is 0.926. The van der Waals surface area contributed by atoms with Crippen molar-refractivity contribution < 1.29 is 24.2 Å². The monoisotopic (exact) mass is 448 g/mol. The van der Waals surface area contributed by atoms with Crippen molar-refractivity contribution in [2.75, 3.05) is 7.11 Å². The maximum atomic E-state index is 11.7. The van der Waals surface area contributed by atoms with Crippen LogP contribution in [0.1, 0.15) is 91.9 Å². The molecule has 4 saturated carbocycles. The van der Waals surface area contributed by atoms with E-state index in [2.05, 4.69) is 20.8 Å². The molecule has 0 amide bonds. The molecule has 182 valence electrons. The SMILES string of the molecule is COC(=O)CC[C@H](C)[C@@H]1CC[C@@H]2[C@@H]3CC[C@@H]4C[C@H](OC(C)=O)CC[C@]4(C)[C@@H]3[C@@H](O)C[C@@]21C. The smallest absolute Gasteiger partial charge is 0.305 e. The van der Waals surface area contributed by atoms with Crippen molar-refractivity contribution in [2.24, 2.45) is 46.3 Å². The summed E-state index contributed by atoms with van der Waals surface area (Å²) in [6, 6.07) is 0. The van der Waals surface area contributed by atoms with E-state index in [0.717, 1.165) is 32.1 Å². The Morgan fingerprint density at radius 3 is 2.53 bits per heavy atom. The average Bonchev–Trinajstić information content (AvgIpc) is 3.07. The molecule has 4 aliphatic carbocycles. The number of carbonyl (C=O) groups excluding carboxylic acids is 2. The first-order chi connectivity index (χ1) is 15.1. The summed E-state index contributed by atoms with van der Waals surface area (Å²) < 4.78 is 10.5. The highest BCUT2D eigenvalue weighted by atomic mass is 16.5. The summed E-state index contributed by atoms with van der Waals surface area (Å²) in [5, 5.41) is 11.6. The number of esters is 2. The standard InChI is InChI=1S/C27H44O5/c1-16(6-11-24(30)31-5)21-9-10-22-20-8-7-18-14-19(32-17(2)28)12-13-26(18,3)25(20)23(29)15-27(21,22)4/h16,18-23,25,29H,6-15H2,1-5H3/t16-,18+,19+,20-,21-,22+,23-,25-,26-,27+/m0/s1. The van der Waals surface area contributed by atoms with Gasteiger partial charge < -0.3 is 14.6 Å². The van der Waals surface area contributed by atoms with Crippen LogP contribution in [0.2, 0.25) is 0 Å². The largest absolute Gasteiger partial charge is 0.469 e. The Bertz CT molecular complexity index is 721. The lowest BCUT2D eigenvalue weighted by Gasteiger charge is -2.62. The minimum Gasteiger partial charge on any atom is -0.469 e. The molecule has 0 radical (unpaired) electrons. The minimum absolute atomic E-state index is 0.0552. The molecule has 0 aliphatic heterocycles. The molecule has 0 bridgehead atoms. The maximum Gasteiger partial charge on any atom is 0.305 e. The molecule has 5 heteroatoms. The summed E-state index contributed by atoms with van der Waals surface area (Å²) in [6.45, 7) is 8.68. The Morgan fingerprint density at radius 1 is 1.09 bits per heavy atom. The molecule has 1 N–H and O–H groups in total. The van der Waals surface area contributed by atoms with Crippen LogP contribution >= 0.6 is 0 Å². The van der Waals surface area contributed by atoms with Gasteiger partial charge in [0.2, 0.25) is 0 Å². The van der Waals surface area contributed by atoms with Gasteiger partial charge in [0.25, 0.3) is 0 Å². The number of carbonyl (C=O) groups is 2. The molecule has 0 saturated heterocycles. The Morgan fingerprint density at radius 2 is 1.84 bits per heavy atom. The van der Waals surface area contributed by atoms with Crippen molar-refractivity contribution in [1.82, 2.24) is 0 Å². The second-order valence-electron chi connectivity index (χ2n) is 12.1. The van der Waals surface area contributed by atoms with E-state index in [9.17, 15) is 14.7 Å². The highest BCUT2D eigenvalue weighted by molar-refractivity contribution is 5.69. The van der Waals surface area contributed by atoms with Crippen LogP contribution in [0.5, 0.6) is 0 Å². The van der Waals surface area contributed by atoms with Crippen LogP contribution in [0.15, 0.2) is 0 Å². The second-order valence-corrected chi connectivity index (χ2v) is 12.1. The van der Waals surface area contributed by atoms with Crippen LogP contribution in [-0.4, -0.2) is 36.4 Å². The second kappa shape index (κ2) is 8.92. The van der Waals surface area contributed by atoms with Gasteiger partial charge in [0, 0.05) is 13.3 Å². The number of hydrogen-bond acceptors (Lipinski definition) is 5. The third-order valence-corrected chi connectivity index (χ3v) is 10.7. The molecule has 0 aromatic rings. The lowest BCUT2D eigenvalue weighted by molar-refractivity contribution is -0.186. The minimum atomic E-state index is -0.257. The third-order valence-electron chi connectivity index (χ3n) is 10.7. The quantitative estimate of drug-likeness (QED) is 0.590. The molecule has 0 spiro atoms. The predicted octanol–water partition coefficient (Wildman–Crippen LogP) is 5.14. The van der Waals surface area contributed by atoms with Gasteiger partial charge in [0.15, 0.2) is 0 Å². The van der Waals surface area contributed by atoms with E-state index in [-0.39, 0.29) is 35.0 Å². The van der Waals surface area contributed by atoms with Crippen molar-refractivity contribution in [2.45, 2.75) is 104 Å². The van der Waals surface area contributed by atoms with Crippen molar-refractivity contribution in [3.8, 4) is 0 Å². The normalized spacial score (nSPS) is 46.4. The molecular formula is C27H44O5. The lowest BCUT2D eigenvalue weighted by atomic mass is 9.43. The van der Waals surface area contributed by atoms with Gasteiger partial charge in [-0.05, 0) is 104 Å². The van der Waals surface area contributed by atoms with Gasteiger partial charge in [-0.2, -0.15) is 0 Å². The van der Waals surface area contributed by atoms with Crippen LogP contribution in [0.3, 0.4) is 0 Å². The third kappa shape index (κ3) is 4.01. The van der Waals surface area contributed by atoms with E-state index in [0.29, 0.717) is 41.9 Å². The fourth-order valence-corrected chi connectivity index (χ4v) is 9.31. The van der Waals surface area contributed by atoms with Crippen molar-refractivity contribution in [3.63, 3.8) is 0 Å². The molecule has 0 heterocycles. The van der Waals surface area contributed by atoms with Crippen molar-refractivity contribution >= 4 is 11.9 Å². The number of methoxy groups -OCH3 is 1. The van der Waals surface area contributed by atoms with Crippen LogP contribution < -0.4 is 0 Å². The van der Waals surface area contributed by atoms with Gasteiger partial charge in [-0.15, -0.1) is 0 Å². The van der Waals surface area contributed by atoms with Gasteiger partial charge in [0.05, 0.1) is 13.2 Å². The van der Waals surface area contributed by atoms with E-state index in [1.165, 1.54) is 39.7 Å². The number of rotatable bonds is 5. The number of ether oxygens (including phenoxy) is 2. The van der Waals surface area contributed by atoms with Gasteiger partial charge >= 0.3 is 11.9 Å². The lowest BCUT2D eigenvalue weighted by Crippen LogP contribution is -2.59. The number of aliphatic hydroxyl groups excluding tert-OH is 1. The number of hydrogen-bond donors (Lipinski definition) is 1.